The minimum absolute atomic E-state index is 0.252. The smallest absolute Gasteiger partial charge is 0.464 e. The largest absolute Gasteiger partial charge is 0.495 e. The van der Waals surface area contributed by atoms with Crippen molar-refractivity contribution < 1.29 is 52.1 Å². The highest BCUT2D eigenvalue weighted by Gasteiger charge is 2.52. The highest BCUT2D eigenvalue weighted by Crippen LogP contribution is 2.50. The summed E-state index contributed by atoms with van der Waals surface area (Å²) in [5.74, 6) is -1.25. The molecule has 1 fully saturated rings. The quantitative estimate of drug-likeness (QED) is 0.0317. The van der Waals surface area contributed by atoms with Crippen molar-refractivity contribution in [2.45, 2.75) is 206 Å². The fraction of sp³-hybridized carbons (Fsp3) is 0.337. The lowest BCUT2D eigenvalue weighted by Crippen LogP contribution is -2.41. The first-order valence-corrected chi connectivity index (χ1v) is 50.3. The van der Waals surface area contributed by atoms with Gasteiger partial charge in [-0.3, -0.25) is 9.67 Å². The van der Waals surface area contributed by atoms with E-state index in [-0.39, 0.29) is 38.1 Å². The van der Waals surface area contributed by atoms with Crippen molar-refractivity contribution in [3.8, 4) is 65.8 Å². The molecule has 7 aromatic carbocycles. The Morgan fingerprint density at radius 1 is 0.426 bits per heavy atom. The third-order valence-electron chi connectivity index (χ3n) is 22.2. The third kappa shape index (κ3) is 25.7. The van der Waals surface area contributed by atoms with E-state index >= 15 is 0 Å². The van der Waals surface area contributed by atoms with Gasteiger partial charge in [0.05, 0.1) is 95.9 Å². The van der Waals surface area contributed by atoms with E-state index < -0.39 is 53.0 Å². The second-order valence-corrected chi connectivity index (χ2v) is 44.2. The number of aromatic nitrogens is 9. The van der Waals surface area contributed by atoms with Crippen LogP contribution in [0.3, 0.4) is 0 Å². The summed E-state index contributed by atoms with van der Waals surface area (Å²) >= 11 is 47.8. The Labute approximate surface area is 854 Å². The normalized spacial score (nSPS) is 13.7. The summed E-state index contributed by atoms with van der Waals surface area (Å²) in [5, 5.41) is 10.4. The molecule has 0 radical (unpaired) electrons. The number of ether oxygens (including phenoxy) is 6. The van der Waals surface area contributed by atoms with Gasteiger partial charge in [-0.25, -0.2) is 44.3 Å². The summed E-state index contributed by atoms with van der Waals surface area (Å²) < 4.78 is 53.9. The first-order valence-electron chi connectivity index (χ1n) is 44.0. The number of benzene rings is 7. The third-order valence-corrected chi connectivity index (χ3v) is 28.2. The van der Waals surface area contributed by atoms with Crippen molar-refractivity contribution in [1.29, 1.82) is 0 Å². The molecule has 136 heavy (non-hydrogen) atoms. The summed E-state index contributed by atoms with van der Waals surface area (Å²) in [4.78, 5) is 71.2. The maximum atomic E-state index is 13.5. The van der Waals surface area contributed by atoms with Crippen LogP contribution in [-0.4, -0.2) is 118 Å². The molecule has 3 atom stereocenters. The van der Waals surface area contributed by atoms with Gasteiger partial charge in [-0.15, -0.1) is 34.0 Å². The number of thiazole rings is 3. The number of rotatable bonds is 19. The minimum Gasteiger partial charge on any atom is -0.464 e. The van der Waals surface area contributed by atoms with Crippen LogP contribution in [-0.2, 0) is 59.2 Å². The van der Waals surface area contributed by atoms with Crippen molar-refractivity contribution in [3.05, 3.63) is 259 Å². The van der Waals surface area contributed by atoms with E-state index in [1.165, 1.54) is 11.3 Å². The lowest BCUT2D eigenvalue weighted by molar-refractivity contribution is -0.167. The average Bonchev–Trinajstić information content (AvgIpc) is 1.56. The van der Waals surface area contributed by atoms with Crippen LogP contribution in [0.1, 0.15) is 185 Å². The van der Waals surface area contributed by atoms with E-state index in [2.05, 4.69) is 81.2 Å². The van der Waals surface area contributed by atoms with E-state index in [4.69, 9.17) is 122 Å². The molecule has 0 spiro atoms. The molecule has 0 N–H and O–H groups in total. The molecule has 0 saturated carbocycles. The SMILES string of the molecule is CCOC(=O)[C@@H](OC(C)(C)C)c1c(C)cc2nc(-c3cc(-c4ccc5c(cnn5C)c4)ncc3C)sc2c1-c1ccc(Cl)cc1.CCOC(=O)[C@@H](OC(C)(C)C)c1c(C)cc2nc(-c3cc(Cl)ncc3C)sc2c1-c1ccc(Cl)cc1.CCOC(=O)[C@@H](OC(C)(C)C)c1c(C)cc2nc(Br)sc2c1-c1ccc(Cl)cc1.Cc1cnc(Cl)cc1B1OC(C)(C)C(C)(C)O1.Cc1cnc(Cl)cc1Br. The van der Waals surface area contributed by atoms with Crippen LogP contribution in [0, 0.1) is 48.5 Å². The second-order valence-electron chi connectivity index (χ2n) is 36.6. The molecular formula is C104H108BBr2Cl6N9O11S3. The maximum Gasteiger partial charge on any atom is 0.495 e. The number of hydrogen-bond donors (Lipinski definition) is 0. The lowest BCUT2D eigenvalue weighted by atomic mass is 9.77. The summed E-state index contributed by atoms with van der Waals surface area (Å²) in [6.45, 7) is 45.6. The number of aryl methyl sites for hydroxylation is 8. The van der Waals surface area contributed by atoms with Gasteiger partial charge in [0.15, 0.2) is 22.2 Å². The van der Waals surface area contributed by atoms with E-state index in [1.54, 1.807) is 74.2 Å². The molecule has 0 unspecified atom stereocenters. The molecule has 8 aromatic heterocycles. The average molecular weight is 2140 g/mol. The zero-order valence-corrected chi connectivity index (χ0v) is 90.4. The van der Waals surface area contributed by atoms with E-state index in [9.17, 15) is 14.4 Å². The molecule has 0 aliphatic carbocycles. The second kappa shape index (κ2) is 44.4. The zero-order valence-electron chi connectivity index (χ0n) is 80.3. The predicted molar refractivity (Wildman–Crippen MR) is 565 cm³/mol. The topological polar surface area (TPSA) is 233 Å². The van der Waals surface area contributed by atoms with E-state index in [0.29, 0.717) is 30.5 Å². The van der Waals surface area contributed by atoms with Crippen LogP contribution in [0.4, 0.5) is 0 Å². The molecule has 20 nitrogen and oxygen atoms in total. The summed E-state index contributed by atoms with van der Waals surface area (Å²) in [6.07, 6.45) is 6.28. The van der Waals surface area contributed by atoms with Crippen molar-refractivity contribution >= 4 is 208 Å². The van der Waals surface area contributed by atoms with Crippen molar-refractivity contribution in [2.75, 3.05) is 19.8 Å². The Balaban J connectivity index is 0.000000164. The van der Waals surface area contributed by atoms with Crippen molar-refractivity contribution in [1.82, 2.24) is 44.7 Å². The summed E-state index contributed by atoms with van der Waals surface area (Å²) in [6, 6.07) is 42.6. The number of halogens is 8. The lowest BCUT2D eigenvalue weighted by Gasteiger charge is -2.32. The molecular weight excluding hydrogens is 2030 g/mol. The van der Waals surface area contributed by atoms with Crippen LogP contribution >= 0.6 is 135 Å². The van der Waals surface area contributed by atoms with Crippen LogP contribution in [0.15, 0.2) is 173 Å². The van der Waals surface area contributed by atoms with Gasteiger partial charge in [-0.1, -0.05) is 128 Å². The molecule has 1 saturated heterocycles. The van der Waals surface area contributed by atoms with Gasteiger partial charge in [0.1, 0.15) is 25.5 Å². The molecule has 1 aliphatic rings. The monoisotopic (exact) mass is 2130 g/mol. The van der Waals surface area contributed by atoms with Gasteiger partial charge >= 0.3 is 25.0 Å². The van der Waals surface area contributed by atoms with Crippen LogP contribution in [0.2, 0.25) is 30.5 Å². The van der Waals surface area contributed by atoms with Gasteiger partial charge in [-0.05, 0) is 327 Å². The molecule has 32 heteroatoms. The molecule has 1 aliphatic heterocycles. The number of carbonyl (C=O) groups excluding carboxylic acids is 3. The van der Waals surface area contributed by atoms with E-state index in [0.717, 1.165) is 177 Å². The Morgan fingerprint density at radius 2 is 0.779 bits per heavy atom. The van der Waals surface area contributed by atoms with Crippen LogP contribution in [0.5, 0.6) is 0 Å². The maximum absolute atomic E-state index is 13.5. The molecule has 16 rings (SSSR count). The minimum atomic E-state index is -0.928. The molecule has 0 bridgehead atoms. The Morgan fingerprint density at radius 3 is 1.17 bits per heavy atom. The molecule has 9 heterocycles. The highest BCUT2D eigenvalue weighted by molar-refractivity contribution is 9.11. The number of carbonyl (C=O) groups is 3. The Hall–Kier alpha value is -8.75. The predicted octanol–water partition coefficient (Wildman–Crippen LogP) is 29.9. The molecule has 15 aromatic rings. The molecule has 712 valence electrons. The van der Waals surface area contributed by atoms with E-state index in [1.807, 2.05) is 260 Å². The van der Waals surface area contributed by atoms with Gasteiger partial charge in [0.25, 0.3) is 0 Å². The zero-order chi connectivity index (χ0) is 99.3. The van der Waals surface area contributed by atoms with Gasteiger partial charge in [0, 0.05) is 107 Å². The number of hydrogen-bond acceptors (Lipinski definition) is 22. The Bertz CT molecular complexity index is 6900. The molecule has 0 amide bonds. The van der Waals surface area contributed by atoms with Crippen molar-refractivity contribution in [2.24, 2.45) is 7.05 Å². The van der Waals surface area contributed by atoms with Gasteiger partial charge in [-0.2, -0.15) is 5.10 Å². The fourth-order valence-corrected chi connectivity index (χ4v) is 20.4. The highest BCUT2D eigenvalue weighted by atomic mass is 79.9. The first-order chi connectivity index (χ1) is 63.9. The Kier molecular flexibility index (Phi) is 34.6. The van der Waals surface area contributed by atoms with Gasteiger partial charge < -0.3 is 37.7 Å². The summed E-state index contributed by atoms with van der Waals surface area (Å²) in [7, 11) is 1.56. The van der Waals surface area contributed by atoms with Crippen LogP contribution < -0.4 is 5.46 Å². The fourth-order valence-electron chi connectivity index (χ4n) is 15.1. The number of pyridine rings is 4. The number of esters is 3. The van der Waals surface area contributed by atoms with Crippen molar-refractivity contribution in [3.63, 3.8) is 0 Å². The standard InChI is InChI=1S/C36H35ClN4O3S.C28H28Cl2N2O3S.C22H23BrClNO3S.C12H17BClNO2.C6H5BrClN/c1-8-43-35(42)32(44-36(4,5)6)30-20(2)15-28-33(31(30)22-9-12-25(37)13-10-22)45-34(40-28)26-17-27(38-18-21(26)3)23-11-14-29-24(16-23)19-39-41(29)7;1-7-34-27(33)24(35-28(4,5)6)22-15(2)12-20-25(23(22)17-8-10-18(29)11-9-17)36-26(32-20)19-13-21(30)31-14-16(19)3;1-6-27-20(26)18(28-22(3,4)5)16-12(2)11-15-19(29-21(23)25-15)17(16)13-7-9-14(24)10-8-13;1-8-7-15-10(14)6-9(8)13-16-11(2,3)12(4,5)17-13;1-4-3-9-6(8)2-5(4)7/h9-19,32H,8H2,1-7H3;8-14,24H,7H2,1-6H3;7-11,18H,6H2,1-5H3;6-7H,1-5H3;2-3H,1H3/t32-;24-;18-;;/m000../s1. The first kappa shape index (κ1) is 106. The number of fused-ring (bicyclic) bond motifs is 4. The number of nitrogens with zero attached hydrogens (tertiary/aromatic N) is 9. The van der Waals surface area contributed by atoms with Gasteiger partial charge in [0.2, 0.25) is 0 Å². The van der Waals surface area contributed by atoms with Crippen LogP contribution in [0.25, 0.3) is 107 Å². The summed E-state index contributed by atoms with van der Waals surface area (Å²) in [5.41, 5.74) is 20.6.